The fraction of sp³-hybridized carbons (Fsp3) is 0.167. The Morgan fingerprint density at radius 3 is 2.70 bits per heavy atom. The summed E-state index contributed by atoms with van der Waals surface area (Å²) >= 11 is 4.43. The number of halogens is 2. The van der Waals surface area contributed by atoms with Gasteiger partial charge in [-0.3, -0.25) is 4.72 Å². The van der Waals surface area contributed by atoms with Gasteiger partial charge in [0.1, 0.15) is 10.7 Å². The lowest BCUT2D eigenvalue weighted by molar-refractivity contribution is 0.598. The molecule has 0 atom stereocenters. The van der Waals surface area contributed by atoms with Crippen LogP contribution in [-0.4, -0.2) is 8.42 Å². The summed E-state index contributed by atoms with van der Waals surface area (Å²) in [6.07, 6.45) is 0. The molecule has 0 saturated heterocycles. The van der Waals surface area contributed by atoms with Gasteiger partial charge in [0.15, 0.2) is 0 Å². The third-order valence-corrected chi connectivity index (χ3v) is 6.20. The van der Waals surface area contributed by atoms with Crippen LogP contribution in [0.3, 0.4) is 0 Å². The molecule has 3 N–H and O–H groups in total. The van der Waals surface area contributed by atoms with Gasteiger partial charge in [0.25, 0.3) is 10.0 Å². The summed E-state index contributed by atoms with van der Waals surface area (Å²) in [5.41, 5.74) is 6.17. The van der Waals surface area contributed by atoms with E-state index in [2.05, 4.69) is 20.7 Å². The number of anilines is 1. The molecule has 0 bridgehead atoms. The predicted molar refractivity (Wildman–Crippen MR) is 81.9 cm³/mol. The molecule has 1 aromatic heterocycles. The average molecular weight is 379 g/mol. The van der Waals surface area contributed by atoms with Gasteiger partial charge in [-0.05, 0) is 46.6 Å². The van der Waals surface area contributed by atoms with E-state index in [4.69, 9.17) is 5.73 Å². The highest BCUT2D eigenvalue weighted by atomic mass is 79.9. The van der Waals surface area contributed by atoms with Crippen molar-refractivity contribution in [1.82, 2.24) is 0 Å². The van der Waals surface area contributed by atoms with Crippen molar-refractivity contribution < 1.29 is 12.8 Å². The number of hydrogen-bond acceptors (Lipinski definition) is 4. The highest BCUT2D eigenvalue weighted by Crippen LogP contribution is 2.33. The Morgan fingerprint density at radius 1 is 1.40 bits per heavy atom. The van der Waals surface area contributed by atoms with Gasteiger partial charge in [0.05, 0.1) is 9.47 Å². The Labute approximate surface area is 129 Å². The highest BCUT2D eigenvalue weighted by molar-refractivity contribution is 9.11. The molecule has 108 valence electrons. The van der Waals surface area contributed by atoms with Gasteiger partial charge in [-0.2, -0.15) is 0 Å². The van der Waals surface area contributed by atoms with Crippen molar-refractivity contribution in [3.8, 4) is 0 Å². The van der Waals surface area contributed by atoms with E-state index < -0.39 is 15.8 Å². The molecule has 0 aliphatic carbocycles. The second-order valence-electron chi connectivity index (χ2n) is 4.14. The second-order valence-corrected chi connectivity index (χ2v) is 8.25. The molecular formula is C12H12BrFN2O2S2. The van der Waals surface area contributed by atoms with Crippen LogP contribution in [0.1, 0.15) is 10.4 Å². The Morgan fingerprint density at radius 2 is 2.10 bits per heavy atom. The number of rotatable bonds is 4. The molecule has 0 fully saturated rings. The zero-order valence-corrected chi connectivity index (χ0v) is 13.7. The quantitative estimate of drug-likeness (QED) is 0.857. The van der Waals surface area contributed by atoms with Crippen molar-refractivity contribution in [3.63, 3.8) is 0 Å². The molecule has 0 unspecified atom stereocenters. The van der Waals surface area contributed by atoms with Gasteiger partial charge >= 0.3 is 0 Å². The molecule has 0 saturated carbocycles. The van der Waals surface area contributed by atoms with E-state index in [1.54, 1.807) is 13.0 Å². The lowest BCUT2D eigenvalue weighted by atomic mass is 10.2. The van der Waals surface area contributed by atoms with Crippen molar-refractivity contribution in [2.75, 3.05) is 4.72 Å². The first-order chi connectivity index (χ1) is 9.33. The third-order valence-electron chi connectivity index (χ3n) is 2.56. The smallest absolute Gasteiger partial charge is 0.263 e. The van der Waals surface area contributed by atoms with Gasteiger partial charge in [-0.25, -0.2) is 12.8 Å². The number of aryl methyl sites for hydroxylation is 1. The lowest BCUT2D eigenvalue weighted by Crippen LogP contribution is -2.14. The van der Waals surface area contributed by atoms with E-state index in [9.17, 15) is 12.8 Å². The Kier molecular flexibility index (Phi) is 4.48. The average Bonchev–Trinajstić information content (AvgIpc) is 2.76. The van der Waals surface area contributed by atoms with Crippen LogP contribution in [0.2, 0.25) is 0 Å². The van der Waals surface area contributed by atoms with E-state index in [0.717, 1.165) is 10.4 Å². The number of nitrogens with one attached hydrogen (secondary N) is 1. The third kappa shape index (κ3) is 3.20. The summed E-state index contributed by atoms with van der Waals surface area (Å²) in [4.78, 5) is 0.783. The summed E-state index contributed by atoms with van der Waals surface area (Å²) in [5.74, 6) is -0.621. The summed E-state index contributed by atoms with van der Waals surface area (Å²) in [5, 5.41) is 0. The van der Waals surface area contributed by atoms with Crippen molar-refractivity contribution in [2.24, 2.45) is 5.73 Å². The SMILES string of the molecule is Cc1ccc(F)c(NS(=O)(=O)c2cc(CN)sc2Br)c1. The predicted octanol–water partition coefficient (Wildman–Crippen LogP) is 3.22. The van der Waals surface area contributed by atoms with Gasteiger partial charge in [0.2, 0.25) is 0 Å². The maximum Gasteiger partial charge on any atom is 0.263 e. The molecular weight excluding hydrogens is 367 g/mol. The highest BCUT2D eigenvalue weighted by Gasteiger charge is 2.22. The Hall–Kier alpha value is -0.960. The molecule has 2 aromatic rings. The topological polar surface area (TPSA) is 72.2 Å². The Balaban J connectivity index is 2.40. The molecule has 0 spiro atoms. The second kappa shape index (κ2) is 5.80. The number of thiophene rings is 1. The molecule has 1 heterocycles. The number of sulfonamides is 1. The van der Waals surface area contributed by atoms with Gasteiger partial charge in [0, 0.05) is 11.4 Å². The number of hydrogen-bond donors (Lipinski definition) is 2. The van der Waals surface area contributed by atoms with Crippen LogP contribution < -0.4 is 10.5 Å². The number of benzene rings is 1. The molecule has 1 aromatic carbocycles. The van der Waals surface area contributed by atoms with Gasteiger partial charge in [-0.1, -0.05) is 6.07 Å². The monoisotopic (exact) mass is 378 g/mol. The van der Waals surface area contributed by atoms with Crippen LogP contribution in [0.25, 0.3) is 0 Å². The standard InChI is InChI=1S/C12H12BrFN2O2S2/c1-7-2-3-9(14)10(4-7)16-20(17,18)11-5-8(6-15)19-12(11)13/h2-5,16H,6,15H2,1H3. The molecule has 20 heavy (non-hydrogen) atoms. The van der Waals surface area contributed by atoms with Gasteiger partial charge in [-0.15, -0.1) is 11.3 Å². The van der Waals surface area contributed by atoms with E-state index in [-0.39, 0.29) is 17.1 Å². The van der Waals surface area contributed by atoms with E-state index in [0.29, 0.717) is 3.79 Å². The summed E-state index contributed by atoms with van der Waals surface area (Å²) in [7, 11) is -3.85. The molecule has 4 nitrogen and oxygen atoms in total. The molecule has 0 radical (unpaired) electrons. The molecule has 0 aliphatic heterocycles. The first kappa shape index (κ1) is 15.4. The lowest BCUT2D eigenvalue weighted by Gasteiger charge is -2.09. The van der Waals surface area contributed by atoms with Crippen molar-refractivity contribution in [3.05, 3.63) is 44.3 Å². The molecule has 2 rings (SSSR count). The van der Waals surface area contributed by atoms with Crippen LogP contribution in [0.4, 0.5) is 10.1 Å². The molecule has 0 amide bonds. The fourth-order valence-corrected chi connectivity index (χ4v) is 5.22. The van der Waals surface area contributed by atoms with Crippen molar-refractivity contribution >= 4 is 43.0 Å². The van der Waals surface area contributed by atoms with Crippen molar-refractivity contribution in [2.45, 2.75) is 18.4 Å². The van der Waals surface area contributed by atoms with E-state index >= 15 is 0 Å². The molecule has 0 aliphatic rings. The zero-order valence-electron chi connectivity index (χ0n) is 10.5. The summed E-state index contributed by atoms with van der Waals surface area (Å²) < 4.78 is 40.9. The molecule has 8 heteroatoms. The van der Waals surface area contributed by atoms with Crippen molar-refractivity contribution in [1.29, 1.82) is 0 Å². The van der Waals surface area contributed by atoms with Gasteiger partial charge < -0.3 is 5.73 Å². The summed E-state index contributed by atoms with van der Waals surface area (Å²) in [6, 6.07) is 5.71. The van der Waals surface area contributed by atoms with E-state index in [1.165, 1.54) is 29.5 Å². The maximum absolute atomic E-state index is 13.6. The minimum absolute atomic E-state index is 0.0591. The van der Waals surface area contributed by atoms with Crippen LogP contribution in [0, 0.1) is 12.7 Å². The number of nitrogens with two attached hydrogens (primary N) is 1. The zero-order chi connectivity index (χ0) is 14.9. The van der Waals surface area contributed by atoms with E-state index in [1.807, 2.05) is 0 Å². The van der Waals surface area contributed by atoms with Crippen LogP contribution in [0.15, 0.2) is 32.9 Å². The Bertz CT molecular complexity index is 744. The van der Waals surface area contributed by atoms with Crippen LogP contribution >= 0.6 is 27.3 Å². The van der Waals surface area contributed by atoms with Crippen LogP contribution in [-0.2, 0) is 16.6 Å². The van der Waals surface area contributed by atoms with Crippen LogP contribution in [0.5, 0.6) is 0 Å². The largest absolute Gasteiger partial charge is 0.326 e. The maximum atomic E-state index is 13.6. The first-order valence-corrected chi connectivity index (χ1v) is 8.70. The minimum Gasteiger partial charge on any atom is -0.326 e. The minimum atomic E-state index is -3.85. The summed E-state index contributed by atoms with van der Waals surface area (Å²) in [6.45, 7) is 2.00. The first-order valence-electron chi connectivity index (χ1n) is 5.60. The normalized spacial score (nSPS) is 11.6. The fourth-order valence-electron chi connectivity index (χ4n) is 1.60.